The molecule has 176 valence electrons. The first-order chi connectivity index (χ1) is 16.3. The summed E-state index contributed by atoms with van der Waals surface area (Å²) in [5, 5.41) is 26.3. The summed E-state index contributed by atoms with van der Waals surface area (Å²) in [6.07, 6.45) is 3.79. The normalized spacial score (nSPS) is 30.3. The number of anilines is 1. The molecule has 4 aliphatic rings. The lowest BCUT2D eigenvalue weighted by Crippen LogP contribution is -2.54. The van der Waals surface area contributed by atoms with Crippen LogP contribution in [0.15, 0.2) is 36.4 Å². The number of halogens is 1. The Kier molecular flexibility index (Phi) is 4.70. The number of imide groups is 1. The summed E-state index contributed by atoms with van der Waals surface area (Å²) >= 11 is 6.29. The van der Waals surface area contributed by atoms with E-state index in [9.17, 15) is 24.6 Å². The van der Waals surface area contributed by atoms with Gasteiger partial charge < -0.3 is 15.5 Å². The quantitative estimate of drug-likeness (QED) is 0.395. The van der Waals surface area contributed by atoms with Crippen molar-refractivity contribution >= 4 is 35.0 Å². The minimum absolute atomic E-state index is 0.135. The van der Waals surface area contributed by atoms with Crippen molar-refractivity contribution in [1.82, 2.24) is 10.2 Å². The smallest absolute Gasteiger partial charge is 0.250 e. The maximum Gasteiger partial charge on any atom is 0.250 e. The number of carbonyl (C=O) groups excluding carboxylic acids is 3. The second-order valence-corrected chi connectivity index (χ2v) is 10.2. The zero-order valence-electron chi connectivity index (χ0n) is 18.3. The Hall–Kier alpha value is -3.10. The second kappa shape index (κ2) is 7.45. The van der Waals surface area contributed by atoms with Gasteiger partial charge in [0.2, 0.25) is 17.7 Å². The fraction of sp³-hybridized carbons (Fsp3) is 0.400. The zero-order chi connectivity index (χ0) is 23.8. The Labute approximate surface area is 200 Å². The summed E-state index contributed by atoms with van der Waals surface area (Å²) in [6.45, 7) is 0. The van der Waals surface area contributed by atoms with Crippen LogP contribution < -0.4 is 10.6 Å². The first-order valence-corrected chi connectivity index (χ1v) is 12.0. The number of phenolic OH excluding ortho intramolecular Hbond substituents is 2. The average molecular weight is 482 g/mol. The van der Waals surface area contributed by atoms with Crippen LogP contribution in [0.4, 0.5) is 5.69 Å². The van der Waals surface area contributed by atoms with Gasteiger partial charge in [-0.25, -0.2) is 0 Å². The highest BCUT2D eigenvalue weighted by atomic mass is 35.5. The third-order valence-electron chi connectivity index (χ3n) is 7.90. The lowest BCUT2D eigenvalue weighted by atomic mass is 9.76. The summed E-state index contributed by atoms with van der Waals surface area (Å²) in [5.74, 6) is -3.06. The van der Waals surface area contributed by atoms with E-state index in [1.54, 1.807) is 24.3 Å². The van der Waals surface area contributed by atoms with Gasteiger partial charge in [0.05, 0.1) is 11.8 Å². The summed E-state index contributed by atoms with van der Waals surface area (Å²) in [6, 6.07) is 8.88. The van der Waals surface area contributed by atoms with Crippen LogP contribution in [0.25, 0.3) is 0 Å². The number of hydrogen-bond acceptors (Lipinski definition) is 6. The van der Waals surface area contributed by atoms with E-state index in [-0.39, 0.29) is 41.7 Å². The largest absolute Gasteiger partial charge is 0.504 e. The molecule has 0 radical (unpaired) electrons. The van der Waals surface area contributed by atoms with Gasteiger partial charge in [0.1, 0.15) is 5.54 Å². The molecular weight excluding hydrogens is 458 g/mol. The van der Waals surface area contributed by atoms with Gasteiger partial charge in [-0.1, -0.05) is 30.5 Å². The fourth-order valence-electron chi connectivity index (χ4n) is 6.44. The first-order valence-electron chi connectivity index (χ1n) is 11.6. The number of benzene rings is 2. The monoisotopic (exact) mass is 481 g/mol. The number of aromatic hydroxyl groups is 2. The van der Waals surface area contributed by atoms with Crippen molar-refractivity contribution in [3.05, 3.63) is 52.5 Å². The third-order valence-corrected chi connectivity index (χ3v) is 8.13. The molecular formula is C25H24ClN3O5. The maximum atomic E-state index is 13.9. The van der Waals surface area contributed by atoms with Crippen LogP contribution in [-0.2, 0) is 26.3 Å². The lowest BCUT2D eigenvalue weighted by molar-refractivity contribution is -0.145. The van der Waals surface area contributed by atoms with Gasteiger partial charge in [0.25, 0.3) is 0 Å². The molecule has 2 saturated heterocycles. The predicted octanol–water partition coefficient (Wildman–Crippen LogP) is 2.66. The Morgan fingerprint density at radius 3 is 2.50 bits per heavy atom. The number of nitrogens with one attached hydrogen (secondary N) is 2. The van der Waals surface area contributed by atoms with E-state index in [1.807, 2.05) is 0 Å². The highest BCUT2D eigenvalue weighted by Crippen LogP contribution is 2.54. The third kappa shape index (κ3) is 2.85. The molecule has 1 saturated carbocycles. The van der Waals surface area contributed by atoms with E-state index in [1.165, 1.54) is 17.0 Å². The van der Waals surface area contributed by atoms with Gasteiger partial charge in [-0.05, 0) is 55.2 Å². The molecule has 9 heteroatoms. The van der Waals surface area contributed by atoms with Crippen LogP contribution in [-0.4, -0.2) is 44.9 Å². The summed E-state index contributed by atoms with van der Waals surface area (Å²) in [7, 11) is 0. The van der Waals surface area contributed by atoms with Crippen LogP contribution in [0, 0.1) is 11.8 Å². The first kappa shape index (κ1) is 21.4. The molecule has 0 aromatic heterocycles. The van der Waals surface area contributed by atoms with E-state index in [0.717, 1.165) is 25.7 Å². The lowest BCUT2D eigenvalue weighted by Gasteiger charge is -2.31. The Morgan fingerprint density at radius 2 is 1.76 bits per heavy atom. The van der Waals surface area contributed by atoms with E-state index in [0.29, 0.717) is 21.8 Å². The van der Waals surface area contributed by atoms with Crippen molar-refractivity contribution in [1.29, 1.82) is 0 Å². The number of rotatable bonds is 3. The molecule has 0 bridgehead atoms. The fourth-order valence-corrected chi connectivity index (χ4v) is 6.62. The maximum absolute atomic E-state index is 13.9. The number of amides is 3. The molecule has 8 nitrogen and oxygen atoms in total. The summed E-state index contributed by atoms with van der Waals surface area (Å²) < 4.78 is 0. The van der Waals surface area contributed by atoms with Gasteiger partial charge in [0.15, 0.2) is 11.5 Å². The number of likely N-dealkylation sites (tertiary alicyclic amines) is 1. The molecule has 1 aliphatic carbocycles. The Balaban J connectivity index is 1.47. The van der Waals surface area contributed by atoms with Crippen LogP contribution in [0.3, 0.4) is 0 Å². The van der Waals surface area contributed by atoms with Crippen molar-refractivity contribution in [3.8, 4) is 11.5 Å². The van der Waals surface area contributed by atoms with Crippen molar-refractivity contribution in [2.24, 2.45) is 11.8 Å². The standard InChI is InChI=1S/C25H24ClN3O5/c26-13-6-7-16-15(11-13)25(24(34)27-16)21-20(22(32)29(23(21)33)14-3-1-2-4-14)17(28-25)9-12-5-8-18(30)19(31)10-12/h5-8,10-11,14,17,20-21,28,30-31H,1-4,9H2,(H,27,34)/t17-,20+,21-,25-/m0/s1. The number of phenols is 2. The predicted molar refractivity (Wildman–Crippen MR) is 123 cm³/mol. The number of hydrogen-bond donors (Lipinski definition) is 4. The Bertz CT molecular complexity index is 1240. The molecule has 1 spiro atoms. The highest BCUT2D eigenvalue weighted by molar-refractivity contribution is 6.31. The molecule has 4 atom stereocenters. The van der Waals surface area contributed by atoms with Gasteiger partial charge in [0, 0.05) is 28.4 Å². The summed E-state index contributed by atoms with van der Waals surface area (Å²) in [5.41, 5.74) is 0.413. The van der Waals surface area contributed by atoms with Gasteiger partial charge >= 0.3 is 0 Å². The Morgan fingerprint density at radius 1 is 1.00 bits per heavy atom. The van der Waals surface area contributed by atoms with Gasteiger partial charge in [-0.3, -0.25) is 24.6 Å². The molecule has 34 heavy (non-hydrogen) atoms. The molecule has 3 heterocycles. The van der Waals surface area contributed by atoms with Crippen LogP contribution >= 0.6 is 11.6 Å². The van der Waals surface area contributed by atoms with Crippen LogP contribution in [0.2, 0.25) is 5.02 Å². The second-order valence-electron chi connectivity index (χ2n) is 9.72. The van der Waals surface area contributed by atoms with Crippen molar-refractivity contribution in [2.45, 2.75) is 49.7 Å². The van der Waals surface area contributed by atoms with Crippen molar-refractivity contribution < 1.29 is 24.6 Å². The minimum atomic E-state index is -1.41. The van der Waals surface area contributed by atoms with Crippen LogP contribution in [0.5, 0.6) is 11.5 Å². The van der Waals surface area contributed by atoms with E-state index >= 15 is 0 Å². The molecule has 0 unspecified atom stereocenters. The van der Waals surface area contributed by atoms with Crippen molar-refractivity contribution in [3.63, 3.8) is 0 Å². The zero-order valence-corrected chi connectivity index (χ0v) is 19.0. The molecule has 3 fully saturated rings. The molecule has 2 aromatic rings. The van der Waals surface area contributed by atoms with Crippen molar-refractivity contribution in [2.75, 3.05) is 5.32 Å². The minimum Gasteiger partial charge on any atom is -0.504 e. The molecule has 4 N–H and O–H groups in total. The number of fused-ring (bicyclic) bond motifs is 4. The summed E-state index contributed by atoms with van der Waals surface area (Å²) in [4.78, 5) is 42.5. The molecule has 6 rings (SSSR count). The average Bonchev–Trinajstić information content (AvgIpc) is 3.54. The number of carbonyl (C=O) groups is 3. The van der Waals surface area contributed by atoms with Gasteiger partial charge in [-0.15, -0.1) is 0 Å². The van der Waals surface area contributed by atoms with E-state index in [2.05, 4.69) is 10.6 Å². The number of nitrogens with zero attached hydrogens (tertiary/aromatic N) is 1. The van der Waals surface area contributed by atoms with E-state index < -0.39 is 23.4 Å². The molecule has 3 amide bonds. The molecule has 2 aromatic carbocycles. The topological polar surface area (TPSA) is 119 Å². The SMILES string of the molecule is O=C1[C@@H]2[C@H](Cc3ccc(O)c(O)c3)N[C@]3(C(=O)Nc4ccc(Cl)cc43)[C@@H]2C(=O)N1C1CCCC1. The van der Waals surface area contributed by atoms with E-state index in [4.69, 9.17) is 11.6 Å². The highest BCUT2D eigenvalue weighted by Gasteiger charge is 2.70. The molecule has 3 aliphatic heterocycles. The van der Waals surface area contributed by atoms with Gasteiger partial charge in [-0.2, -0.15) is 0 Å². The van der Waals surface area contributed by atoms with Crippen LogP contribution in [0.1, 0.15) is 36.8 Å².